The molecule has 6 nitrogen and oxygen atoms in total. The van der Waals surface area contributed by atoms with Crippen molar-refractivity contribution in [2.45, 2.75) is 12.5 Å². The fraction of sp³-hybridized carbons (Fsp3) is 0.364. The number of carboxylic acids is 1. The second-order valence-corrected chi connectivity index (χ2v) is 3.86. The van der Waals surface area contributed by atoms with Crippen molar-refractivity contribution >= 4 is 5.97 Å². The summed E-state index contributed by atoms with van der Waals surface area (Å²) in [5, 5.41) is 12.7. The minimum Gasteiger partial charge on any atom is -0.497 e. The Hall–Kier alpha value is -2.20. The highest BCUT2D eigenvalue weighted by Gasteiger charge is 2.36. The lowest BCUT2D eigenvalue weighted by atomic mass is 10.0. The fourth-order valence-corrected chi connectivity index (χ4v) is 2.15. The Morgan fingerprint density at radius 1 is 1.65 bits per heavy atom. The Morgan fingerprint density at radius 2 is 2.41 bits per heavy atom. The fourth-order valence-electron chi connectivity index (χ4n) is 2.15. The number of hydrogen-bond donors (Lipinski definition) is 1. The van der Waals surface area contributed by atoms with Gasteiger partial charge in [-0.2, -0.15) is 0 Å². The molecule has 1 aromatic carbocycles. The van der Waals surface area contributed by atoms with Crippen LogP contribution in [0.15, 0.2) is 23.3 Å². The van der Waals surface area contributed by atoms with E-state index in [1.807, 2.05) is 6.07 Å². The first kappa shape index (κ1) is 11.3. The number of fused-ring (bicyclic) bond motifs is 1. The molecule has 2 atom stereocenters. The van der Waals surface area contributed by atoms with Gasteiger partial charge in [-0.1, -0.05) is 11.2 Å². The molecule has 1 aliphatic carbocycles. The van der Waals surface area contributed by atoms with Gasteiger partial charge >= 0.3 is 5.97 Å². The highest BCUT2D eigenvalue weighted by molar-refractivity contribution is 5.73. The molecule has 0 fully saturated rings. The molecule has 0 radical (unpaired) electrons. The van der Waals surface area contributed by atoms with E-state index in [-0.39, 0.29) is 0 Å². The van der Waals surface area contributed by atoms with Crippen molar-refractivity contribution in [3.63, 3.8) is 0 Å². The topological polar surface area (TPSA) is 95.3 Å². The Morgan fingerprint density at radius 3 is 3.00 bits per heavy atom. The maximum atomic E-state index is 11.1. The van der Waals surface area contributed by atoms with Crippen molar-refractivity contribution in [3.05, 3.63) is 39.8 Å². The summed E-state index contributed by atoms with van der Waals surface area (Å²) >= 11 is 0. The van der Waals surface area contributed by atoms with Crippen LogP contribution in [0.2, 0.25) is 0 Å². The van der Waals surface area contributed by atoms with Crippen molar-refractivity contribution < 1.29 is 14.6 Å². The van der Waals surface area contributed by atoms with Gasteiger partial charge in [0.25, 0.3) is 0 Å². The molecule has 0 aliphatic heterocycles. The maximum absolute atomic E-state index is 11.1. The van der Waals surface area contributed by atoms with E-state index < -0.39 is 17.9 Å². The van der Waals surface area contributed by atoms with E-state index in [4.69, 9.17) is 15.4 Å². The van der Waals surface area contributed by atoms with Gasteiger partial charge < -0.3 is 9.84 Å². The summed E-state index contributed by atoms with van der Waals surface area (Å²) in [6, 6.07) is 4.67. The molecule has 6 heteroatoms. The zero-order valence-corrected chi connectivity index (χ0v) is 9.20. The molecule has 0 spiro atoms. The molecule has 1 aliphatic rings. The van der Waals surface area contributed by atoms with Crippen molar-refractivity contribution in [2.24, 2.45) is 11.0 Å². The van der Waals surface area contributed by atoms with E-state index in [9.17, 15) is 4.79 Å². The van der Waals surface area contributed by atoms with Crippen molar-refractivity contribution in [2.75, 3.05) is 7.11 Å². The lowest BCUT2D eigenvalue weighted by Crippen LogP contribution is -2.16. The van der Waals surface area contributed by atoms with Crippen LogP contribution in [-0.2, 0) is 11.2 Å². The van der Waals surface area contributed by atoms with E-state index in [1.54, 1.807) is 12.1 Å². The molecule has 17 heavy (non-hydrogen) atoms. The first-order valence-corrected chi connectivity index (χ1v) is 5.11. The molecule has 2 unspecified atom stereocenters. The Balaban J connectivity index is 2.47. The molecule has 0 bridgehead atoms. The monoisotopic (exact) mass is 233 g/mol. The number of carbonyl (C=O) groups is 1. The lowest BCUT2D eigenvalue weighted by Gasteiger charge is -2.10. The predicted molar refractivity (Wildman–Crippen MR) is 59.7 cm³/mol. The maximum Gasteiger partial charge on any atom is 0.307 e. The number of carboxylic acid groups (broad SMARTS) is 1. The number of nitrogens with zero attached hydrogens (tertiary/aromatic N) is 3. The van der Waals surface area contributed by atoms with E-state index in [2.05, 4.69) is 10.0 Å². The number of ether oxygens (including phenoxy) is 1. The van der Waals surface area contributed by atoms with Crippen LogP contribution in [0.25, 0.3) is 10.4 Å². The molecular formula is C11H11N3O3. The standard InChI is InChI=1S/C11H11N3O3/c1-17-7-3-2-6-4-9(11(15)16)10(13-14-12)8(6)5-7/h2-3,5,9-10H,4H2,1H3,(H,15,16). The number of rotatable bonds is 3. The van der Waals surface area contributed by atoms with E-state index in [0.29, 0.717) is 12.2 Å². The predicted octanol–water partition coefficient (Wildman–Crippen LogP) is 2.30. The molecule has 1 aromatic rings. The summed E-state index contributed by atoms with van der Waals surface area (Å²) in [4.78, 5) is 13.8. The Bertz CT molecular complexity index is 509. The first-order chi connectivity index (χ1) is 8.17. The summed E-state index contributed by atoms with van der Waals surface area (Å²) in [6.07, 6.45) is 0.387. The Kier molecular flexibility index (Phi) is 2.89. The first-order valence-electron chi connectivity index (χ1n) is 5.11. The average Bonchev–Trinajstić information content (AvgIpc) is 2.68. The zero-order valence-electron chi connectivity index (χ0n) is 9.20. The van der Waals surface area contributed by atoms with Crippen molar-refractivity contribution in [3.8, 4) is 5.75 Å². The zero-order chi connectivity index (χ0) is 12.4. The van der Waals surface area contributed by atoms with Crippen LogP contribution in [0, 0.1) is 5.92 Å². The largest absolute Gasteiger partial charge is 0.497 e. The third-order valence-electron chi connectivity index (χ3n) is 2.99. The van der Waals surface area contributed by atoms with Gasteiger partial charge in [-0.05, 0) is 35.2 Å². The van der Waals surface area contributed by atoms with Gasteiger partial charge in [0.05, 0.1) is 19.1 Å². The van der Waals surface area contributed by atoms with Gasteiger partial charge in [-0.3, -0.25) is 4.79 Å². The summed E-state index contributed by atoms with van der Waals surface area (Å²) in [5.41, 5.74) is 10.2. The number of aliphatic carboxylic acids is 1. The SMILES string of the molecule is COc1ccc2c(c1)C(N=[N+]=[N-])C(C(=O)O)C2. The van der Waals surface area contributed by atoms with Gasteiger partial charge in [0.2, 0.25) is 0 Å². The van der Waals surface area contributed by atoms with Gasteiger partial charge in [0.15, 0.2) is 0 Å². The van der Waals surface area contributed by atoms with Crippen molar-refractivity contribution in [1.29, 1.82) is 0 Å². The molecule has 0 saturated heterocycles. The average molecular weight is 233 g/mol. The molecule has 2 rings (SSSR count). The second kappa shape index (κ2) is 4.35. The van der Waals surface area contributed by atoms with Crippen LogP contribution in [0.4, 0.5) is 0 Å². The summed E-state index contributed by atoms with van der Waals surface area (Å²) in [7, 11) is 1.54. The third kappa shape index (κ3) is 1.90. The van der Waals surface area contributed by atoms with Crippen LogP contribution in [0.5, 0.6) is 5.75 Å². The summed E-state index contributed by atoms with van der Waals surface area (Å²) in [6.45, 7) is 0. The van der Waals surface area contributed by atoms with E-state index in [0.717, 1.165) is 11.1 Å². The van der Waals surface area contributed by atoms with Crippen LogP contribution >= 0.6 is 0 Å². The summed E-state index contributed by atoms with van der Waals surface area (Å²) in [5.74, 6) is -1.00. The van der Waals surface area contributed by atoms with Crippen LogP contribution in [0.1, 0.15) is 17.2 Å². The molecule has 0 saturated carbocycles. The highest BCUT2D eigenvalue weighted by Crippen LogP contribution is 2.40. The number of hydrogen-bond acceptors (Lipinski definition) is 3. The molecule has 0 heterocycles. The Labute approximate surface area is 97.5 Å². The molecule has 1 N–H and O–H groups in total. The van der Waals surface area contributed by atoms with Crippen LogP contribution in [0.3, 0.4) is 0 Å². The number of methoxy groups -OCH3 is 1. The smallest absolute Gasteiger partial charge is 0.307 e. The van der Waals surface area contributed by atoms with E-state index >= 15 is 0 Å². The van der Waals surface area contributed by atoms with Gasteiger partial charge in [0.1, 0.15) is 5.75 Å². The second-order valence-electron chi connectivity index (χ2n) is 3.86. The third-order valence-corrected chi connectivity index (χ3v) is 2.99. The van der Waals surface area contributed by atoms with E-state index in [1.165, 1.54) is 7.11 Å². The minimum absolute atomic E-state index is 0.387. The van der Waals surface area contributed by atoms with Gasteiger partial charge in [-0.25, -0.2) is 0 Å². The number of benzene rings is 1. The minimum atomic E-state index is -0.947. The normalized spacial score (nSPS) is 21.5. The molecule has 88 valence electrons. The summed E-state index contributed by atoms with van der Waals surface area (Å²) < 4.78 is 5.08. The van der Waals surface area contributed by atoms with Crippen molar-refractivity contribution in [1.82, 2.24) is 0 Å². The lowest BCUT2D eigenvalue weighted by molar-refractivity contribution is -0.142. The quantitative estimate of drug-likeness (QED) is 0.493. The molecular weight excluding hydrogens is 222 g/mol. The molecule has 0 aromatic heterocycles. The highest BCUT2D eigenvalue weighted by atomic mass is 16.5. The molecule has 0 amide bonds. The number of azide groups is 1. The van der Waals surface area contributed by atoms with Gasteiger partial charge in [-0.15, -0.1) is 0 Å². The van der Waals surface area contributed by atoms with Crippen LogP contribution in [-0.4, -0.2) is 18.2 Å². The van der Waals surface area contributed by atoms with Gasteiger partial charge in [0, 0.05) is 4.91 Å². The van der Waals surface area contributed by atoms with Crippen LogP contribution < -0.4 is 4.74 Å².